The van der Waals surface area contributed by atoms with Crippen molar-refractivity contribution >= 4 is 21.9 Å². The lowest BCUT2D eigenvalue weighted by Gasteiger charge is -2.17. The van der Waals surface area contributed by atoms with E-state index < -0.39 is 16.0 Å². The number of ether oxygens (including phenoxy) is 1. The number of hydrogen-bond donors (Lipinski definition) is 0. The molecule has 0 spiro atoms. The van der Waals surface area contributed by atoms with Crippen molar-refractivity contribution in [1.29, 1.82) is 0 Å². The summed E-state index contributed by atoms with van der Waals surface area (Å²) in [6, 6.07) is 5.86. The molecule has 0 bridgehead atoms. The summed E-state index contributed by atoms with van der Waals surface area (Å²) in [5, 5.41) is 0. The van der Waals surface area contributed by atoms with Crippen LogP contribution in [0.5, 0.6) is 0 Å². The van der Waals surface area contributed by atoms with Crippen LogP contribution in [-0.4, -0.2) is 38.5 Å². The summed E-state index contributed by atoms with van der Waals surface area (Å²) in [6.45, 7) is 1.70. The monoisotopic (exact) mass is 321 g/mol. The fraction of sp³-hybridized carbons (Fsp3) is 0.214. The lowest BCUT2D eigenvalue weighted by molar-refractivity contribution is 0.0599. The molecule has 0 aliphatic heterocycles. The summed E-state index contributed by atoms with van der Waals surface area (Å²) in [4.78, 5) is 19.5. The van der Waals surface area contributed by atoms with Crippen LogP contribution in [0.2, 0.25) is 0 Å². The molecule has 1 aromatic heterocycles. The molecule has 0 saturated heterocycles. The number of anilines is 1. The number of hydrogen-bond acceptors (Lipinski definition) is 6. The molecule has 0 amide bonds. The summed E-state index contributed by atoms with van der Waals surface area (Å²) >= 11 is 0. The molecule has 7 nitrogen and oxygen atoms in total. The van der Waals surface area contributed by atoms with Crippen LogP contribution in [0.25, 0.3) is 0 Å². The molecule has 116 valence electrons. The van der Waals surface area contributed by atoms with Gasteiger partial charge in [-0.1, -0.05) is 6.07 Å². The second-order valence-electron chi connectivity index (χ2n) is 4.49. The first-order chi connectivity index (χ1) is 10.4. The summed E-state index contributed by atoms with van der Waals surface area (Å²) in [5.74, 6) is -0.546. The van der Waals surface area contributed by atoms with Crippen LogP contribution in [0.15, 0.2) is 41.6 Å². The number of esters is 1. The predicted molar refractivity (Wildman–Crippen MR) is 80.1 cm³/mol. The van der Waals surface area contributed by atoms with Gasteiger partial charge in [-0.05, 0) is 30.7 Å². The van der Waals surface area contributed by atoms with Crippen molar-refractivity contribution in [2.24, 2.45) is 0 Å². The van der Waals surface area contributed by atoms with Crippen molar-refractivity contribution in [1.82, 2.24) is 9.97 Å². The number of carbonyl (C=O) groups excluding carboxylic acids is 1. The lowest BCUT2D eigenvalue weighted by Crippen LogP contribution is -2.28. The highest BCUT2D eigenvalue weighted by molar-refractivity contribution is 7.92. The van der Waals surface area contributed by atoms with E-state index in [1.54, 1.807) is 19.1 Å². The molecule has 0 N–H and O–H groups in total. The Balaban J connectivity index is 2.48. The van der Waals surface area contributed by atoms with Crippen molar-refractivity contribution in [3.05, 3.63) is 47.8 Å². The Kier molecular flexibility index (Phi) is 4.41. The zero-order valence-corrected chi connectivity index (χ0v) is 13.2. The minimum absolute atomic E-state index is 0.0338. The van der Waals surface area contributed by atoms with Gasteiger partial charge in [0.1, 0.15) is 0 Å². The first-order valence-electron chi connectivity index (χ1n) is 6.33. The smallest absolute Gasteiger partial charge is 0.338 e. The standard InChI is InChI=1S/C14H15N3O4S/c1-10-5-6-11(9-12(10)13(18)21-3)22(19,20)17(2)14-15-7-4-8-16-14/h4-9H,1-3H3. The summed E-state index contributed by atoms with van der Waals surface area (Å²) in [5.41, 5.74) is 0.829. The van der Waals surface area contributed by atoms with Gasteiger partial charge in [0.25, 0.3) is 10.0 Å². The number of aryl methyl sites for hydroxylation is 1. The van der Waals surface area contributed by atoms with Gasteiger partial charge in [0.15, 0.2) is 0 Å². The molecule has 1 heterocycles. The molecular weight excluding hydrogens is 306 g/mol. The van der Waals surface area contributed by atoms with Crippen molar-refractivity contribution in [2.45, 2.75) is 11.8 Å². The maximum atomic E-state index is 12.6. The molecule has 0 aliphatic carbocycles. The van der Waals surface area contributed by atoms with Crippen LogP contribution in [0.1, 0.15) is 15.9 Å². The highest BCUT2D eigenvalue weighted by Crippen LogP contribution is 2.21. The molecule has 0 unspecified atom stereocenters. The van der Waals surface area contributed by atoms with Crippen LogP contribution >= 0.6 is 0 Å². The second kappa shape index (κ2) is 6.10. The molecule has 2 aromatic rings. The van der Waals surface area contributed by atoms with Gasteiger partial charge in [-0.3, -0.25) is 0 Å². The number of nitrogens with zero attached hydrogens (tertiary/aromatic N) is 3. The minimum atomic E-state index is -3.87. The third-order valence-electron chi connectivity index (χ3n) is 3.11. The van der Waals surface area contributed by atoms with Crippen molar-refractivity contribution in [3.8, 4) is 0 Å². The number of methoxy groups -OCH3 is 1. The molecule has 1 aromatic carbocycles. The maximum Gasteiger partial charge on any atom is 0.338 e. The number of benzene rings is 1. The largest absolute Gasteiger partial charge is 0.465 e. The number of aromatic nitrogens is 2. The Bertz CT molecular complexity index is 791. The zero-order valence-electron chi connectivity index (χ0n) is 12.3. The number of rotatable bonds is 4. The minimum Gasteiger partial charge on any atom is -0.465 e. The van der Waals surface area contributed by atoms with Crippen LogP contribution in [-0.2, 0) is 14.8 Å². The predicted octanol–water partition coefficient (Wildman–Crippen LogP) is 1.40. The topological polar surface area (TPSA) is 89.5 Å². The fourth-order valence-electron chi connectivity index (χ4n) is 1.81. The Hall–Kier alpha value is -2.48. The molecular formula is C14H15N3O4S. The molecule has 2 rings (SSSR count). The maximum absolute atomic E-state index is 12.6. The van der Waals surface area contributed by atoms with E-state index in [9.17, 15) is 13.2 Å². The van der Waals surface area contributed by atoms with Gasteiger partial charge < -0.3 is 4.74 Å². The Morgan fingerprint density at radius 2 is 1.86 bits per heavy atom. The Morgan fingerprint density at radius 1 is 1.23 bits per heavy atom. The van der Waals surface area contributed by atoms with Crippen LogP contribution < -0.4 is 4.31 Å². The highest BCUT2D eigenvalue weighted by Gasteiger charge is 2.24. The summed E-state index contributed by atoms with van der Waals surface area (Å²) in [6.07, 6.45) is 2.90. The molecule has 0 fully saturated rings. The summed E-state index contributed by atoms with van der Waals surface area (Å²) < 4.78 is 30.8. The number of sulfonamides is 1. The average molecular weight is 321 g/mol. The molecule has 0 saturated carbocycles. The third-order valence-corrected chi connectivity index (χ3v) is 4.84. The van der Waals surface area contributed by atoms with Gasteiger partial charge in [-0.25, -0.2) is 27.5 Å². The van der Waals surface area contributed by atoms with Crippen LogP contribution in [0, 0.1) is 6.92 Å². The molecule has 0 aliphatic rings. The summed E-state index contributed by atoms with van der Waals surface area (Å²) in [7, 11) is -1.28. The molecule has 22 heavy (non-hydrogen) atoms. The van der Waals surface area contributed by atoms with Crippen molar-refractivity contribution in [3.63, 3.8) is 0 Å². The molecule has 0 atom stereocenters. The quantitative estimate of drug-likeness (QED) is 0.791. The third kappa shape index (κ3) is 2.91. The Morgan fingerprint density at radius 3 is 2.45 bits per heavy atom. The normalized spacial score (nSPS) is 11.0. The van der Waals surface area contributed by atoms with E-state index in [4.69, 9.17) is 0 Å². The average Bonchev–Trinajstić information content (AvgIpc) is 2.54. The van der Waals surface area contributed by atoms with E-state index in [0.717, 1.165) is 4.31 Å². The van der Waals surface area contributed by atoms with Crippen LogP contribution in [0.3, 0.4) is 0 Å². The van der Waals surface area contributed by atoms with Crippen molar-refractivity contribution in [2.75, 3.05) is 18.5 Å². The van der Waals surface area contributed by atoms with Gasteiger partial charge in [-0.15, -0.1) is 0 Å². The van der Waals surface area contributed by atoms with E-state index in [-0.39, 0.29) is 16.4 Å². The Labute approximate surface area is 128 Å². The fourth-order valence-corrected chi connectivity index (χ4v) is 2.94. The zero-order chi connectivity index (χ0) is 16.3. The first kappa shape index (κ1) is 15.9. The van der Waals surface area contributed by atoms with Gasteiger partial charge in [0.05, 0.1) is 17.6 Å². The van der Waals surface area contributed by atoms with Gasteiger partial charge in [-0.2, -0.15) is 0 Å². The molecule has 8 heteroatoms. The van der Waals surface area contributed by atoms with Crippen LogP contribution in [0.4, 0.5) is 5.95 Å². The first-order valence-corrected chi connectivity index (χ1v) is 7.77. The lowest BCUT2D eigenvalue weighted by atomic mass is 10.1. The van der Waals surface area contributed by atoms with E-state index in [1.165, 1.54) is 38.7 Å². The van der Waals surface area contributed by atoms with Crippen molar-refractivity contribution < 1.29 is 17.9 Å². The van der Waals surface area contributed by atoms with E-state index in [1.807, 2.05) is 0 Å². The van der Waals surface area contributed by atoms with Gasteiger partial charge >= 0.3 is 5.97 Å². The molecule has 0 radical (unpaired) electrons. The highest BCUT2D eigenvalue weighted by atomic mass is 32.2. The SMILES string of the molecule is COC(=O)c1cc(S(=O)(=O)N(C)c2ncccn2)ccc1C. The number of carbonyl (C=O) groups is 1. The van der Waals surface area contributed by atoms with Gasteiger partial charge in [0.2, 0.25) is 5.95 Å². The van der Waals surface area contributed by atoms with Gasteiger partial charge in [0, 0.05) is 19.4 Å². The van der Waals surface area contributed by atoms with E-state index in [0.29, 0.717) is 5.56 Å². The second-order valence-corrected chi connectivity index (χ2v) is 6.46. The van der Waals surface area contributed by atoms with E-state index in [2.05, 4.69) is 14.7 Å². The van der Waals surface area contributed by atoms with E-state index >= 15 is 0 Å².